The van der Waals surface area contributed by atoms with Crippen molar-refractivity contribution in [1.29, 1.82) is 0 Å². The van der Waals surface area contributed by atoms with Crippen LogP contribution in [0.15, 0.2) is 54.9 Å². The largest absolute Gasteiger partial charge is 0.296 e. The molecule has 3 nitrogen and oxygen atoms in total. The Morgan fingerprint density at radius 3 is 2.43 bits per heavy atom. The van der Waals surface area contributed by atoms with E-state index in [4.69, 9.17) is 0 Å². The molecular formula is C18H22N2O. The summed E-state index contributed by atoms with van der Waals surface area (Å²) in [4.78, 5) is 18.7. The van der Waals surface area contributed by atoms with Crippen molar-refractivity contribution in [1.82, 2.24) is 9.88 Å². The van der Waals surface area contributed by atoms with Crippen LogP contribution in [0.4, 0.5) is 0 Å². The van der Waals surface area contributed by atoms with E-state index < -0.39 is 0 Å². The van der Waals surface area contributed by atoms with Crippen molar-refractivity contribution in [3.05, 3.63) is 66.0 Å². The van der Waals surface area contributed by atoms with E-state index in [0.717, 1.165) is 24.9 Å². The summed E-state index contributed by atoms with van der Waals surface area (Å²) in [6.07, 6.45) is 5.36. The van der Waals surface area contributed by atoms with Gasteiger partial charge in [0.15, 0.2) is 5.78 Å². The molecule has 1 atom stereocenters. The fourth-order valence-electron chi connectivity index (χ4n) is 2.50. The predicted octanol–water partition coefficient (Wildman–Crippen LogP) is 3.22. The first-order valence-electron chi connectivity index (χ1n) is 7.40. The fourth-order valence-corrected chi connectivity index (χ4v) is 2.50. The molecule has 0 aliphatic rings. The number of pyridine rings is 1. The molecule has 1 heterocycles. The van der Waals surface area contributed by atoms with Crippen LogP contribution in [0.1, 0.15) is 29.3 Å². The van der Waals surface area contributed by atoms with Crippen LogP contribution >= 0.6 is 0 Å². The maximum atomic E-state index is 12.6. The van der Waals surface area contributed by atoms with Crippen molar-refractivity contribution >= 4 is 5.78 Å². The maximum absolute atomic E-state index is 12.6. The fraction of sp³-hybridized carbons (Fsp3) is 0.333. The third-order valence-corrected chi connectivity index (χ3v) is 3.78. The Labute approximate surface area is 126 Å². The molecule has 0 N–H and O–H groups in total. The van der Waals surface area contributed by atoms with Gasteiger partial charge >= 0.3 is 0 Å². The molecule has 0 bridgehead atoms. The molecule has 0 amide bonds. The SMILES string of the molecule is CCC(C(=O)c1ccccc1)N(C)CCc1ccncc1. The highest BCUT2D eigenvalue weighted by Gasteiger charge is 2.22. The summed E-state index contributed by atoms with van der Waals surface area (Å²) in [6.45, 7) is 2.93. The van der Waals surface area contributed by atoms with Crippen LogP contribution < -0.4 is 0 Å². The molecule has 1 unspecified atom stereocenters. The Kier molecular flexibility index (Phi) is 5.64. The Morgan fingerprint density at radius 2 is 1.81 bits per heavy atom. The summed E-state index contributed by atoms with van der Waals surface area (Å²) < 4.78 is 0. The molecule has 21 heavy (non-hydrogen) atoms. The number of hydrogen-bond donors (Lipinski definition) is 0. The first-order chi connectivity index (χ1) is 10.2. The topological polar surface area (TPSA) is 33.2 Å². The van der Waals surface area contributed by atoms with E-state index in [9.17, 15) is 4.79 Å². The Hall–Kier alpha value is -2.00. The normalized spacial score (nSPS) is 12.3. The lowest BCUT2D eigenvalue weighted by atomic mass is 10.0. The first kappa shape index (κ1) is 15.4. The number of ketones is 1. The van der Waals surface area contributed by atoms with Gasteiger partial charge in [-0.25, -0.2) is 0 Å². The minimum Gasteiger partial charge on any atom is -0.296 e. The van der Waals surface area contributed by atoms with Crippen LogP contribution in [0, 0.1) is 0 Å². The van der Waals surface area contributed by atoms with Gasteiger partial charge in [-0.3, -0.25) is 14.7 Å². The van der Waals surface area contributed by atoms with Gasteiger partial charge in [-0.15, -0.1) is 0 Å². The highest BCUT2D eigenvalue weighted by Crippen LogP contribution is 2.12. The second-order valence-electron chi connectivity index (χ2n) is 5.24. The lowest BCUT2D eigenvalue weighted by Gasteiger charge is -2.26. The number of hydrogen-bond acceptors (Lipinski definition) is 3. The number of carbonyl (C=O) groups is 1. The van der Waals surface area contributed by atoms with Crippen molar-refractivity contribution in [2.24, 2.45) is 0 Å². The zero-order chi connectivity index (χ0) is 15.1. The molecule has 0 saturated heterocycles. The molecule has 0 fully saturated rings. The van der Waals surface area contributed by atoms with Crippen LogP contribution in [-0.4, -0.2) is 35.3 Å². The minimum atomic E-state index is -0.0609. The minimum absolute atomic E-state index is 0.0609. The summed E-state index contributed by atoms with van der Waals surface area (Å²) in [7, 11) is 2.02. The molecule has 0 spiro atoms. The summed E-state index contributed by atoms with van der Waals surface area (Å²) in [6, 6.07) is 13.5. The van der Waals surface area contributed by atoms with Crippen molar-refractivity contribution in [3.63, 3.8) is 0 Å². The molecule has 3 heteroatoms. The van der Waals surface area contributed by atoms with Gasteiger partial charge in [0, 0.05) is 24.5 Å². The predicted molar refractivity (Wildman–Crippen MR) is 85.4 cm³/mol. The first-order valence-corrected chi connectivity index (χ1v) is 7.40. The standard InChI is InChI=1S/C18H22N2O/c1-3-17(18(21)16-7-5-4-6-8-16)20(2)14-11-15-9-12-19-13-10-15/h4-10,12-13,17H,3,11,14H2,1-2H3. The third kappa shape index (κ3) is 4.23. The molecule has 110 valence electrons. The lowest BCUT2D eigenvalue weighted by molar-refractivity contribution is 0.0847. The van der Waals surface area contributed by atoms with Crippen molar-refractivity contribution < 1.29 is 4.79 Å². The van der Waals surface area contributed by atoms with Gasteiger partial charge in [0.05, 0.1) is 6.04 Å². The zero-order valence-electron chi connectivity index (χ0n) is 12.7. The summed E-state index contributed by atoms with van der Waals surface area (Å²) in [5.41, 5.74) is 2.04. The van der Waals surface area contributed by atoms with E-state index in [2.05, 4.69) is 16.8 Å². The molecular weight excluding hydrogens is 260 g/mol. The number of aromatic nitrogens is 1. The number of likely N-dealkylation sites (N-methyl/N-ethyl adjacent to an activating group) is 1. The second-order valence-corrected chi connectivity index (χ2v) is 5.24. The Morgan fingerprint density at radius 1 is 1.14 bits per heavy atom. The van der Waals surface area contributed by atoms with Gasteiger partial charge in [0.1, 0.15) is 0 Å². The monoisotopic (exact) mass is 282 g/mol. The second kappa shape index (κ2) is 7.70. The van der Waals surface area contributed by atoms with E-state index in [1.807, 2.05) is 61.9 Å². The number of rotatable bonds is 7. The number of Topliss-reactive ketones (excluding diaryl/α,β-unsaturated/α-hetero) is 1. The zero-order valence-corrected chi connectivity index (χ0v) is 12.7. The lowest BCUT2D eigenvalue weighted by Crippen LogP contribution is -2.39. The Bertz CT molecular complexity index is 554. The number of carbonyl (C=O) groups excluding carboxylic acids is 1. The highest BCUT2D eigenvalue weighted by molar-refractivity contribution is 6.00. The quantitative estimate of drug-likeness (QED) is 0.731. The van der Waals surface area contributed by atoms with Crippen LogP contribution in [0.3, 0.4) is 0 Å². The highest BCUT2D eigenvalue weighted by atomic mass is 16.1. The maximum Gasteiger partial charge on any atom is 0.179 e. The summed E-state index contributed by atoms with van der Waals surface area (Å²) in [5.74, 6) is 0.204. The van der Waals surface area contributed by atoms with E-state index >= 15 is 0 Å². The molecule has 2 aromatic rings. The van der Waals surface area contributed by atoms with E-state index in [1.165, 1.54) is 5.56 Å². The molecule has 0 saturated carbocycles. The molecule has 0 aliphatic carbocycles. The Balaban J connectivity index is 1.98. The van der Waals surface area contributed by atoms with Crippen LogP contribution in [0.25, 0.3) is 0 Å². The molecule has 0 radical (unpaired) electrons. The van der Waals surface area contributed by atoms with Gasteiger partial charge in [0.25, 0.3) is 0 Å². The van der Waals surface area contributed by atoms with Crippen molar-refractivity contribution in [3.8, 4) is 0 Å². The summed E-state index contributed by atoms with van der Waals surface area (Å²) >= 11 is 0. The molecule has 2 rings (SSSR count). The van der Waals surface area contributed by atoms with E-state index in [-0.39, 0.29) is 11.8 Å². The molecule has 0 aliphatic heterocycles. The molecule has 1 aromatic heterocycles. The van der Waals surface area contributed by atoms with Crippen LogP contribution in [0.2, 0.25) is 0 Å². The van der Waals surface area contributed by atoms with Crippen molar-refractivity contribution in [2.45, 2.75) is 25.8 Å². The average Bonchev–Trinajstić information content (AvgIpc) is 2.55. The third-order valence-electron chi connectivity index (χ3n) is 3.78. The summed E-state index contributed by atoms with van der Waals surface area (Å²) in [5, 5.41) is 0. The van der Waals surface area contributed by atoms with E-state index in [1.54, 1.807) is 0 Å². The number of benzene rings is 1. The average molecular weight is 282 g/mol. The number of nitrogens with zero attached hydrogens (tertiary/aromatic N) is 2. The van der Waals surface area contributed by atoms with Crippen LogP contribution in [-0.2, 0) is 6.42 Å². The molecule has 1 aromatic carbocycles. The van der Waals surface area contributed by atoms with Gasteiger partial charge in [-0.05, 0) is 37.6 Å². The van der Waals surface area contributed by atoms with E-state index in [0.29, 0.717) is 0 Å². The van der Waals surface area contributed by atoms with Gasteiger partial charge < -0.3 is 0 Å². The smallest absolute Gasteiger partial charge is 0.179 e. The van der Waals surface area contributed by atoms with Crippen molar-refractivity contribution in [2.75, 3.05) is 13.6 Å². The van der Waals surface area contributed by atoms with Gasteiger partial charge in [0.2, 0.25) is 0 Å². The van der Waals surface area contributed by atoms with Gasteiger partial charge in [-0.1, -0.05) is 37.3 Å². The van der Waals surface area contributed by atoms with Gasteiger partial charge in [-0.2, -0.15) is 0 Å². The van der Waals surface area contributed by atoms with Crippen LogP contribution in [0.5, 0.6) is 0 Å².